The van der Waals surface area contributed by atoms with E-state index in [1.165, 1.54) is 4.90 Å². The number of halogens is 4. The minimum Gasteiger partial charge on any atom is -0.380 e. The summed E-state index contributed by atoms with van der Waals surface area (Å²) in [7, 11) is 0. The Bertz CT molecular complexity index is 612. The molecule has 2 rings (SSSR count). The molecule has 4 nitrogen and oxygen atoms in total. The van der Waals surface area contributed by atoms with Crippen molar-refractivity contribution in [1.82, 2.24) is 4.90 Å². The third-order valence-corrected chi connectivity index (χ3v) is 4.49. The molecule has 8 heteroatoms. The van der Waals surface area contributed by atoms with Crippen molar-refractivity contribution in [3.05, 3.63) is 28.8 Å². The number of nitrogens with zero attached hydrogens (tertiary/aromatic N) is 2. The number of piperazine rings is 1. The smallest absolute Gasteiger partial charge is 0.380 e. The fourth-order valence-electron chi connectivity index (χ4n) is 2.63. The van der Waals surface area contributed by atoms with Crippen LogP contribution in [0.25, 0.3) is 0 Å². The highest BCUT2D eigenvalue weighted by atomic mass is 35.5. The lowest BCUT2D eigenvalue weighted by molar-refractivity contribution is -0.254. The van der Waals surface area contributed by atoms with Crippen LogP contribution in [0, 0.1) is 6.92 Å². The van der Waals surface area contributed by atoms with E-state index in [4.69, 9.17) is 11.6 Å². The lowest BCUT2D eigenvalue weighted by Gasteiger charge is -2.38. The van der Waals surface area contributed by atoms with Crippen LogP contribution in [0.3, 0.4) is 0 Å². The Morgan fingerprint density at radius 3 is 2.38 bits per heavy atom. The van der Waals surface area contributed by atoms with E-state index < -0.39 is 24.1 Å². The zero-order valence-electron chi connectivity index (χ0n) is 13.5. The normalized spacial score (nSPS) is 18.5. The van der Waals surface area contributed by atoms with E-state index in [9.17, 15) is 23.1 Å². The van der Waals surface area contributed by atoms with E-state index in [0.29, 0.717) is 38.1 Å². The number of alkyl halides is 3. The predicted molar refractivity (Wildman–Crippen MR) is 86.3 cm³/mol. The van der Waals surface area contributed by atoms with Crippen LogP contribution in [0.1, 0.15) is 18.9 Å². The van der Waals surface area contributed by atoms with Gasteiger partial charge in [0.2, 0.25) is 5.91 Å². The molecule has 134 valence electrons. The molecule has 1 aliphatic rings. The fourth-order valence-corrected chi connectivity index (χ4v) is 2.79. The summed E-state index contributed by atoms with van der Waals surface area (Å²) in [4.78, 5) is 15.5. The molecule has 1 heterocycles. The average Bonchev–Trinajstić information content (AvgIpc) is 2.48. The lowest BCUT2D eigenvalue weighted by atomic mass is 10.0. The van der Waals surface area contributed by atoms with Crippen molar-refractivity contribution in [2.24, 2.45) is 0 Å². The third kappa shape index (κ3) is 4.13. The monoisotopic (exact) mass is 364 g/mol. The van der Waals surface area contributed by atoms with Gasteiger partial charge in [0.05, 0.1) is 6.42 Å². The number of carbonyl (C=O) groups excluding carboxylic acids is 1. The van der Waals surface area contributed by atoms with Crippen molar-refractivity contribution >= 4 is 23.2 Å². The van der Waals surface area contributed by atoms with E-state index in [0.717, 1.165) is 11.3 Å². The summed E-state index contributed by atoms with van der Waals surface area (Å²) in [5.74, 6) is -0.695. The quantitative estimate of drug-likeness (QED) is 0.896. The molecule has 24 heavy (non-hydrogen) atoms. The SMILES string of the molecule is Cc1ccc(Cl)cc1N1CCN(C(=O)C[C@@](C)(O)C(F)(F)F)CC1. The molecular formula is C16H20ClF3N2O2. The van der Waals surface area contributed by atoms with Crippen LogP contribution < -0.4 is 4.90 Å². The summed E-state index contributed by atoms with van der Waals surface area (Å²) in [5.41, 5.74) is -1.01. The van der Waals surface area contributed by atoms with Gasteiger partial charge < -0.3 is 14.9 Å². The fraction of sp³-hybridized carbons (Fsp3) is 0.562. The molecule has 1 aromatic rings. The number of benzene rings is 1. The molecule has 0 radical (unpaired) electrons. The molecule has 0 spiro atoms. The highest BCUT2D eigenvalue weighted by Gasteiger charge is 2.51. The maximum Gasteiger partial charge on any atom is 0.417 e. The lowest BCUT2D eigenvalue weighted by Crippen LogP contribution is -2.52. The number of hydrogen-bond donors (Lipinski definition) is 1. The molecule has 1 amide bonds. The molecule has 0 saturated carbocycles. The topological polar surface area (TPSA) is 43.8 Å². The Kier molecular flexibility index (Phi) is 5.34. The van der Waals surface area contributed by atoms with Gasteiger partial charge in [-0.3, -0.25) is 4.79 Å². The maximum absolute atomic E-state index is 12.7. The number of amides is 1. The van der Waals surface area contributed by atoms with Gasteiger partial charge >= 0.3 is 6.18 Å². The number of aliphatic hydroxyl groups is 1. The molecule has 1 aromatic carbocycles. The second-order valence-corrected chi connectivity index (χ2v) is 6.68. The molecule has 1 fully saturated rings. The minimum atomic E-state index is -4.83. The first-order valence-corrected chi connectivity index (χ1v) is 7.97. The Morgan fingerprint density at radius 1 is 1.25 bits per heavy atom. The van der Waals surface area contributed by atoms with E-state index >= 15 is 0 Å². The summed E-state index contributed by atoms with van der Waals surface area (Å²) >= 11 is 6.00. The second kappa shape index (κ2) is 6.80. The Morgan fingerprint density at radius 2 is 1.83 bits per heavy atom. The molecule has 1 atom stereocenters. The molecule has 1 aliphatic heterocycles. The van der Waals surface area contributed by atoms with Crippen molar-refractivity contribution < 1.29 is 23.1 Å². The third-order valence-electron chi connectivity index (χ3n) is 4.25. The van der Waals surface area contributed by atoms with E-state index in [2.05, 4.69) is 0 Å². The van der Waals surface area contributed by atoms with Crippen LogP contribution in [0.2, 0.25) is 5.02 Å². The van der Waals surface area contributed by atoms with Gasteiger partial charge in [-0.1, -0.05) is 17.7 Å². The summed E-state index contributed by atoms with van der Waals surface area (Å²) in [6.45, 7) is 4.18. The molecule has 1 N–H and O–H groups in total. The van der Waals surface area contributed by atoms with Crippen LogP contribution in [-0.4, -0.2) is 53.9 Å². The number of anilines is 1. The highest BCUT2D eigenvalue weighted by molar-refractivity contribution is 6.30. The molecule has 0 bridgehead atoms. The Hall–Kier alpha value is -1.47. The molecular weight excluding hydrogens is 345 g/mol. The predicted octanol–water partition coefficient (Wildman–Crippen LogP) is 3.00. The van der Waals surface area contributed by atoms with Crippen molar-refractivity contribution in [1.29, 1.82) is 0 Å². The Balaban J connectivity index is 1.97. The zero-order valence-corrected chi connectivity index (χ0v) is 14.3. The standard InChI is InChI=1S/C16H20ClF3N2O2/c1-11-3-4-12(17)9-13(11)21-5-7-22(8-6-21)14(23)10-15(2,24)16(18,19)20/h3-4,9,24H,5-8,10H2,1-2H3/t15-/m1/s1. The zero-order chi connectivity index (χ0) is 18.1. The summed E-state index contributed by atoms with van der Waals surface area (Å²) in [5, 5.41) is 10.1. The Labute approximate surface area is 143 Å². The van der Waals surface area contributed by atoms with Gasteiger partial charge in [0.1, 0.15) is 0 Å². The maximum atomic E-state index is 12.7. The van der Waals surface area contributed by atoms with Crippen LogP contribution in [-0.2, 0) is 4.79 Å². The summed E-state index contributed by atoms with van der Waals surface area (Å²) in [6, 6.07) is 5.53. The molecule has 0 unspecified atom stereocenters. The van der Waals surface area contributed by atoms with Crippen LogP contribution in [0.4, 0.5) is 18.9 Å². The van der Waals surface area contributed by atoms with Crippen molar-refractivity contribution in [2.75, 3.05) is 31.1 Å². The van der Waals surface area contributed by atoms with E-state index in [1.54, 1.807) is 6.07 Å². The average molecular weight is 365 g/mol. The molecule has 0 aromatic heterocycles. The second-order valence-electron chi connectivity index (χ2n) is 6.25. The van der Waals surface area contributed by atoms with Gasteiger partial charge in [-0.2, -0.15) is 13.2 Å². The first kappa shape index (κ1) is 18.9. The van der Waals surface area contributed by atoms with Gasteiger partial charge in [-0.15, -0.1) is 0 Å². The van der Waals surface area contributed by atoms with Crippen molar-refractivity contribution in [3.63, 3.8) is 0 Å². The summed E-state index contributed by atoms with van der Waals surface area (Å²) in [6.07, 6.45) is -5.80. The first-order chi connectivity index (χ1) is 11.0. The molecule has 0 aliphatic carbocycles. The van der Waals surface area contributed by atoms with Gasteiger partial charge in [-0.25, -0.2) is 0 Å². The van der Waals surface area contributed by atoms with Gasteiger partial charge in [0.15, 0.2) is 5.60 Å². The van der Waals surface area contributed by atoms with Gasteiger partial charge in [0.25, 0.3) is 0 Å². The number of rotatable bonds is 3. The van der Waals surface area contributed by atoms with Crippen LogP contribution >= 0.6 is 11.6 Å². The number of aryl methyl sites for hydroxylation is 1. The number of hydrogen-bond acceptors (Lipinski definition) is 3. The van der Waals surface area contributed by atoms with Crippen molar-refractivity contribution in [2.45, 2.75) is 32.0 Å². The van der Waals surface area contributed by atoms with E-state index in [-0.39, 0.29) is 0 Å². The summed E-state index contributed by atoms with van der Waals surface area (Å²) < 4.78 is 38.1. The number of carbonyl (C=O) groups is 1. The van der Waals surface area contributed by atoms with Crippen LogP contribution in [0.5, 0.6) is 0 Å². The highest BCUT2D eigenvalue weighted by Crippen LogP contribution is 2.33. The van der Waals surface area contributed by atoms with Crippen LogP contribution in [0.15, 0.2) is 18.2 Å². The largest absolute Gasteiger partial charge is 0.417 e. The van der Waals surface area contributed by atoms with Gasteiger partial charge in [0, 0.05) is 36.9 Å². The van der Waals surface area contributed by atoms with E-state index in [1.807, 2.05) is 24.0 Å². The van der Waals surface area contributed by atoms with Gasteiger partial charge in [-0.05, 0) is 31.5 Å². The first-order valence-electron chi connectivity index (χ1n) is 7.59. The van der Waals surface area contributed by atoms with Crippen molar-refractivity contribution in [3.8, 4) is 0 Å². The minimum absolute atomic E-state index is 0.304. The molecule has 1 saturated heterocycles.